The van der Waals surface area contributed by atoms with Gasteiger partial charge in [0.05, 0.1) is 11.3 Å². The third-order valence-corrected chi connectivity index (χ3v) is 3.77. The maximum atomic E-state index is 13.4. The average molecular weight is 335 g/mol. The number of benzene rings is 1. The summed E-state index contributed by atoms with van der Waals surface area (Å²) in [5, 5.41) is 0. The Hall–Kier alpha value is -2.44. The van der Waals surface area contributed by atoms with Gasteiger partial charge in [-0.3, -0.25) is 4.79 Å². The lowest BCUT2D eigenvalue weighted by atomic mass is 10.1. The molecule has 1 fully saturated rings. The van der Waals surface area contributed by atoms with Crippen molar-refractivity contribution in [2.24, 2.45) is 5.92 Å². The van der Waals surface area contributed by atoms with Crippen LogP contribution in [0.2, 0.25) is 0 Å². The topological polar surface area (TPSA) is 46.1 Å². The summed E-state index contributed by atoms with van der Waals surface area (Å²) in [7, 11) is 0. The molecular weight excluding hydrogens is 319 g/mol. The second-order valence-corrected chi connectivity index (χ2v) is 5.91. The van der Waals surface area contributed by atoms with Crippen LogP contribution in [0.4, 0.5) is 24.8 Å². The molecule has 0 radical (unpaired) electrons. The average Bonchev–Trinajstić information content (AvgIpc) is 3.30. The van der Waals surface area contributed by atoms with E-state index in [0.29, 0.717) is 24.2 Å². The second kappa shape index (κ2) is 5.89. The molecule has 0 spiro atoms. The first kappa shape index (κ1) is 16.4. The number of carbonyl (C=O) groups excluding carboxylic acids is 1. The summed E-state index contributed by atoms with van der Waals surface area (Å²) in [6, 6.07) is 6.73. The van der Waals surface area contributed by atoms with E-state index in [4.69, 9.17) is 0 Å². The molecule has 1 aromatic carbocycles. The largest absolute Gasteiger partial charge is 0.418 e. The number of halogens is 3. The number of anilines is 2. The predicted molar refractivity (Wildman–Crippen MR) is 82.8 cm³/mol. The normalized spacial score (nSPS) is 14.5. The summed E-state index contributed by atoms with van der Waals surface area (Å²) in [4.78, 5) is 22.1. The van der Waals surface area contributed by atoms with Gasteiger partial charge >= 0.3 is 6.18 Å². The zero-order chi connectivity index (χ0) is 17.5. The Morgan fingerprint density at radius 3 is 2.25 bits per heavy atom. The van der Waals surface area contributed by atoms with Crippen LogP contribution in [0.15, 0.2) is 30.3 Å². The number of alkyl halides is 3. The van der Waals surface area contributed by atoms with Crippen molar-refractivity contribution in [2.75, 3.05) is 4.90 Å². The highest BCUT2D eigenvalue weighted by atomic mass is 19.4. The number of para-hydroxylation sites is 1. The first-order valence-electron chi connectivity index (χ1n) is 7.60. The van der Waals surface area contributed by atoms with Gasteiger partial charge in [0.25, 0.3) is 0 Å². The van der Waals surface area contributed by atoms with Crippen molar-refractivity contribution in [1.82, 2.24) is 9.97 Å². The van der Waals surface area contributed by atoms with E-state index in [2.05, 4.69) is 9.97 Å². The lowest BCUT2D eigenvalue weighted by molar-refractivity contribution is -0.137. The highest BCUT2D eigenvalue weighted by Gasteiger charge is 2.41. The maximum Gasteiger partial charge on any atom is 0.418 e. The van der Waals surface area contributed by atoms with Gasteiger partial charge in [0.15, 0.2) is 0 Å². The van der Waals surface area contributed by atoms with E-state index in [0.717, 1.165) is 11.0 Å². The van der Waals surface area contributed by atoms with E-state index in [9.17, 15) is 18.0 Å². The van der Waals surface area contributed by atoms with Crippen molar-refractivity contribution in [1.29, 1.82) is 0 Å². The molecule has 7 heteroatoms. The van der Waals surface area contributed by atoms with Crippen LogP contribution in [-0.4, -0.2) is 15.9 Å². The number of nitrogens with zero attached hydrogens (tertiary/aromatic N) is 3. The molecule has 1 heterocycles. The highest BCUT2D eigenvalue weighted by Crippen LogP contribution is 2.41. The van der Waals surface area contributed by atoms with Crippen LogP contribution in [-0.2, 0) is 11.0 Å². The fourth-order valence-electron chi connectivity index (χ4n) is 2.55. The molecule has 126 valence electrons. The number of amides is 1. The van der Waals surface area contributed by atoms with Gasteiger partial charge < -0.3 is 0 Å². The van der Waals surface area contributed by atoms with Crippen molar-refractivity contribution in [3.05, 3.63) is 47.3 Å². The van der Waals surface area contributed by atoms with Crippen molar-refractivity contribution in [3.8, 4) is 0 Å². The van der Waals surface area contributed by atoms with Crippen LogP contribution in [0.3, 0.4) is 0 Å². The quantitative estimate of drug-likeness (QED) is 0.845. The number of carbonyl (C=O) groups is 1. The van der Waals surface area contributed by atoms with Gasteiger partial charge in [-0.1, -0.05) is 12.1 Å². The summed E-state index contributed by atoms with van der Waals surface area (Å²) in [6.07, 6.45) is -3.22. The standard InChI is InChI=1S/C17H16F3N3O/c1-10-9-11(2)22-16(21-10)23(15(24)12-7-8-12)14-6-4-3-5-13(14)17(18,19)20/h3-6,9,12H,7-8H2,1-2H3. The molecule has 2 aromatic rings. The van der Waals surface area contributed by atoms with Crippen LogP contribution < -0.4 is 4.90 Å². The van der Waals surface area contributed by atoms with Crippen LogP contribution >= 0.6 is 0 Å². The Bertz CT molecular complexity index is 765. The second-order valence-electron chi connectivity index (χ2n) is 5.91. The van der Waals surface area contributed by atoms with Gasteiger partial charge in [-0.25, -0.2) is 14.9 Å². The van der Waals surface area contributed by atoms with Crippen molar-refractivity contribution < 1.29 is 18.0 Å². The molecule has 0 atom stereocenters. The zero-order valence-electron chi connectivity index (χ0n) is 13.3. The van der Waals surface area contributed by atoms with E-state index < -0.39 is 17.6 Å². The minimum absolute atomic E-state index is 0.0129. The number of aromatic nitrogens is 2. The summed E-state index contributed by atoms with van der Waals surface area (Å²) in [5.41, 5.74) is 0.0832. The number of hydrogen-bond acceptors (Lipinski definition) is 3. The molecule has 1 amide bonds. The molecule has 3 rings (SSSR count). The van der Waals surface area contributed by atoms with Crippen molar-refractivity contribution in [2.45, 2.75) is 32.9 Å². The van der Waals surface area contributed by atoms with Crippen LogP contribution in [0.25, 0.3) is 0 Å². The van der Waals surface area contributed by atoms with Crippen LogP contribution in [0, 0.1) is 19.8 Å². The Morgan fingerprint density at radius 1 is 1.12 bits per heavy atom. The summed E-state index contributed by atoms with van der Waals surface area (Å²) < 4.78 is 40.2. The summed E-state index contributed by atoms with van der Waals surface area (Å²) >= 11 is 0. The minimum Gasteiger partial charge on any atom is -0.274 e. The van der Waals surface area contributed by atoms with E-state index in [1.165, 1.54) is 18.2 Å². The zero-order valence-corrected chi connectivity index (χ0v) is 13.3. The fraction of sp³-hybridized carbons (Fsp3) is 0.353. The third kappa shape index (κ3) is 3.25. The molecule has 1 saturated carbocycles. The number of hydrogen-bond donors (Lipinski definition) is 0. The Balaban J connectivity index is 2.18. The van der Waals surface area contributed by atoms with Crippen LogP contribution in [0.5, 0.6) is 0 Å². The molecule has 1 aliphatic rings. The summed E-state index contributed by atoms with van der Waals surface area (Å²) in [5.74, 6) is -0.673. The smallest absolute Gasteiger partial charge is 0.274 e. The summed E-state index contributed by atoms with van der Waals surface area (Å²) in [6.45, 7) is 3.43. The fourth-order valence-corrected chi connectivity index (χ4v) is 2.55. The number of aryl methyl sites for hydroxylation is 2. The molecule has 0 unspecified atom stereocenters. The minimum atomic E-state index is -4.57. The van der Waals surface area contributed by atoms with Gasteiger partial charge in [0.1, 0.15) is 0 Å². The lowest BCUT2D eigenvalue weighted by Crippen LogP contribution is -2.31. The third-order valence-electron chi connectivity index (χ3n) is 3.77. The van der Waals surface area contributed by atoms with Gasteiger partial charge in [-0.05, 0) is 44.9 Å². The maximum absolute atomic E-state index is 13.4. The first-order chi connectivity index (χ1) is 11.3. The number of rotatable bonds is 3. The van der Waals surface area contributed by atoms with Crippen molar-refractivity contribution >= 4 is 17.5 Å². The Morgan fingerprint density at radius 2 is 1.71 bits per heavy atom. The Labute approximate surface area is 137 Å². The molecule has 0 N–H and O–H groups in total. The van der Waals surface area contributed by atoms with Gasteiger partial charge in [0, 0.05) is 17.3 Å². The van der Waals surface area contributed by atoms with Crippen LogP contribution in [0.1, 0.15) is 29.8 Å². The molecule has 0 aliphatic heterocycles. The van der Waals surface area contributed by atoms with E-state index in [1.54, 1.807) is 19.9 Å². The van der Waals surface area contributed by atoms with Gasteiger partial charge in [-0.2, -0.15) is 13.2 Å². The van der Waals surface area contributed by atoms with Crippen molar-refractivity contribution in [3.63, 3.8) is 0 Å². The van der Waals surface area contributed by atoms with Gasteiger partial charge in [0.2, 0.25) is 11.9 Å². The molecule has 1 aliphatic carbocycles. The predicted octanol–water partition coefficient (Wildman–Crippen LogP) is 4.19. The van der Waals surface area contributed by atoms with E-state index >= 15 is 0 Å². The Kier molecular flexibility index (Phi) is 4.03. The molecule has 24 heavy (non-hydrogen) atoms. The van der Waals surface area contributed by atoms with E-state index in [1.807, 2.05) is 0 Å². The lowest BCUT2D eigenvalue weighted by Gasteiger charge is -2.24. The van der Waals surface area contributed by atoms with Gasteiger partial charge in [-0.15, -0.1) is 0 Å². The molecule has 0 bridgehead atoms. The SMILES string of the molecule is Cc1cc(C)nc(N(C(=O)C2CC2)c2ccccc2C(F)(F)F)n1. The molecular formula is C17H16F3N3O. The first-order valence-corrected chi connectivity index (χ1v) is 7.60. The monoisotopic (exact) mass is 335 g/mol. The van der Waals surface area contributed by atoms with E-state index in [-0.39, 0.29) is 17.6 Å². The molecule has 0 saturated heterocycles. The highest BCUT2D eigenvalue weighted by molar-refractivity contribution is 6.02. The molecule has 4 nitrogen and oxygen atoms in total. The molecule has 1 aromatic heterocycles.